The molecule has 9 rings (SSSR count). The van der Waals surface area contributed by atoms with Crippen LogP contribution in [0.2, 0.25) is 0 Å². The van der Waals surface area contributed by atoms with Crippen LogP contribution in [0.4, 0.5) is 34.1 Å². The first kappa shape index (κ1) is 34.4. The van der Waals surface area contributed by atoms with Gasteiger partial charge in [-0.05, 0) is 116 Å². The first-order chi connectivity index (χ1) is 26.5. The van der Waals surface area contributed by atoms with Crippen molar-refractivity contribution in [1.82, 2.24) is 0 Å². The molecular weight excluding hydrogens is 669 g/mol. The fraction of sp³-hybridized carbons (Fsp3) is 0.154. The van der Waals surface area contributed by atoms with Crippen LogP contribution in [-0.2, 0) is 10.8 Å². The molecule has 0 unspecified atom stereocenters. The van der Waals surface area contributed by atoms with Crippen molar-refractivity contribution in [3.8, 4) is 0 Å². The molecule has 0 saturated heterocycles. The number of fused-ring (bicyclic) bond motifs is 5. The zero-order valence-corrected chi connectivity index (χ0v) is 32.5. The van der Waals surface area contributed by atoms with E-state index in [2.05, 4.69) is 221 Å². The highest BCUT2D eigenvalue weighted by atomic mass is 16.3. The van der Waals surface area contributed by atoms with E-state index in [-0.39, 0.29) is 10.8 Å². The average Bonchev–Trinajstić information content (AvgIpc) is 3.55. The summed E-state index contributed by atoms with van der Waals surface area (Å²) in [4.78, 5) is 4.67. The normalized spacial score (nSPS) is 12.2. The van der Waals surface area contributed by atoms with Crippen molar-refractivity contribution in [1.29, 1.82) is 0 Å². The predicted octanol–water partition coefficient (Wildman–Crippen LogP) is 15.4. The maximum atomic E-state index is 6.79. The minimum Gasteiger partial charge on any atom is -0.456 e. The molecule has 0 bridgehead atoms. The van der Waals surface area contributed by atoms with Crippen molar-refractivity contribution in [3.05, 3.63) is 181 Å². The van der Waals surface area contributed by atoms with E-state index in [4.69, 9.17) is 4.42 Å². The Bertz CT molecular complexity index is 2640. The average molecular weight is 715 g/mol. The highest BCUT2D eigenvalue weighted by molar-refractivity contribution is 6.07. The van der Waals surface area contributed by atoms with Gasteiger partial charge in [-0.2, -0.15) is 0 Å². The lowest BCUT2D eigenvalue weighted by molar-refractivity contribution is 0.590. The molecule has 270 valence electrons. The number of nitrogens with zero attached hydrogens (tertiary/aromatic N) is 2. The van der Waals surface area contributed by atoms with Gasteiger partial charge in [0, 0.05) is 57.0 Å². The Morgan fingerprint density at radius 2 is 0.655 bits per heavy atom. The standard InChI is InChI=1S/C52H46N2O/c1-51(2,3)39-17-23-41(24-18-39)53(43-21-15-35-11-7-9-13-37(35)31-43)45-27-29-47-48-30-28-46(34-50(48)55-49(47)33-45)54(42-25-19-40(20-26-42)52(4,5)6)44-22-16-36-12-8-10-14-38(36)32-44/h7-34H,1-6H3. The van der Waals surface area contributed by atoms with Crippen molar-refractivity contribution >= 4 is 77.6 Å². The van der Waals surface area contributed by atoms with Gasteiger partial charge in [0.1, 0.15) is 11.2 Å². The predicted molar refractivity (Wildman–Crippen MR) is 235 cm³/mol. The number of furan rings is 1. The smallest absolute Gasteiger partial charge is 0.137 e. The van der Waals surface area contributed by atoms with Crippen LogP contribution in [0.25, 0.3) is 43.5 Å². The van der Waals surface area contributed by atoms with Gasteiger partial charge in [0.05, 0.1) is 0 Å². The van der Waals surface area contributed by atoms with Crippen LogP contribution in [-0.4, -0.2) is 0 Å². The summed E-state index contributed by atoms with van der Waals surface area (Å²) < 4.78 is 6.79. The van der Waals surface area contributed by atoms with E-state index in [0.29, 0.717) is 0 Å². The maximum absolute atomic E-state index is 6.79. The van der Waals surface area contributed by atoms with Crippen LogP contribution in [0, 0.1) is 0 Å². The summed E-state index contributed by atoms with van der Waals surface area (Å²) in [6.07, 6.45) is 0. The Morgan fingerprint density at radius 1 is 0.327 bits per heavy atom. The summed E-state index contributed by atoms with van der Waals surface area (Å²) in [5, 5.41) is 7.05. The second kappa shape index (κ2) is 13.2. The Kier molecular flexibility index (Phi) is 8.27. The van der Waals surface area contributed by atoms with Crippen LogP contribution < -0.4 is 9.80 Å². The molecule has 0 aliphatic carbocycles. The highest BCUT2D eigenvalue weighted by Gasteiger charge is 2.21. The van der Waals surface area contributed by atoms with E-state index >= 15 is 0 Å². The monoisotopic (exact) mass is 714 g/mol. The lowest BCUT2D eigenvalue weighted by Gasteiger charge is -2.27. The number of rotatable bonds is 6. The lowest BCUT2D eigenvalue weighted by atomic mass is 9.87. The van der Waals surface area contributed by atoms with Gasteiger partial charge in [-0.15, -0.1) is 0 Å². The van der Waals surface area contributed by atoms with Crippen LogP contribution in [0.5, 0.6) is 0 Å². The molecule has 0 saturated carbocycles. The molecule has 0 radical (unpaired) electrons. The van der Waals surface area contributed by atoms with Crippen molar-refractivity contribution < 1.29 is 4.42 Å². The first-order valence-electron chi connectivity index (χ1n) is 19.2. The van der Waals surface area contributed by atoms with Gasteiger partial charge < -0.3 is 14.2 Å². The van der Waals surface area contributed by atoms with E-state index in [1.54, 1.807) is 0 Å². The molecule has 8 aromatic carbocycles. The second-order valence-electron chi connectivity index (χ2n) is 16.8. The zero-order valence-electron chi connectivity index (χ0n) is 32.5. The molecule has 1 aromatic heterocycles. The topological polar surface area (TPSA) is 19.6 Å². The molecule has 9 aromatic rings. The van der Waals surface area contributed by atoms with Crippen LogP contribution in [0.15, 0.2) is 174 Å². The van der Waals surface area contributed by atoms with E-state index in [1.807, 2.05) is 0 Å². The van der Waals surface area contributed by atoms with E-state index in [1.165, 1.54) is 32.7 Å². The molecule has 0 amide bonds. The molecular formula is C52H46N2O. The molecule has 1 heterocycles. The third kappa shape index (κ3) is 6.50. The van der Waals surface area contributed by atoms with Gasteiger partial charge in [0.25, 0.3) is 0 Å². The van der Waals surface area contributed by atoms with Crippen LogP contribution in [0.1, 0.15) is 52.7 Å². The molecule has 0 aliphatic heterocycles. The summed E-state index contributed by atoms with van der Waals surface area (Å²) >= 11 is 0. The summed E-state index contributed by atoms with van der Waals surface area (Å²) in [6, 6.07) is 61.7. The van der Waals surface area contributed by atoms with Crippen molar-refractivity contribution in [2.75, 3.05) is 9.80 Å². The highest BCUT2D eigenvalue weighted by Crippen LogP contribution is 2.43. The van der Waals surface area contributed by atoms with E-state index < -0.39 is 0 Å². The van der Waals surface area contributed by atoms with Gasteiger partial charge >= 0.3 is 0 Å². The lowest BCUT2D eigenvalue weighted by Crippen LogP contribution is -2.13. The SMILES string of the molecule is CC(C)(C)c1ccc(N(c2ccc3ccccc3c2)c2ccc3c(c2)oc2cc(N(c4ccc(C(C)(C)C)cc4)c4ccc5ccccc5c4)ccc23)cc1. The summed E-state index contributed by atoms with van der Waals surface area (Å²) in [6.45, 7) is 13.5. The third-order valence-corrected chi connectivity index (χ3v) is 10.9. The molecule has 0 atom stereocenters. The van der Waals surface area contributed by atoms with Crippen LogP contribution >= 0.6 is 0 Å². The first-order valence-corrected chi connectivity index (χ1v) is 19.2. The minimum atomic E-state index is 0.0676. The van der Waals surface area contributed by atoms with Gasteiger partial charge in [0.15, 0.2) is 0 Å². The maximum Gasteiger partial charge on any atom is 0.137 e. The fourth-order valence-corrected chi connectivity index (χ4v) is 7.78. The van der Waals surface area contributed by atoms with Crippen molar-refractivity contribution in [2.45, 2.75) is 52.4 Å². The van der Waals surface area contributed by atoms with E-state index in [0.717, 1.165) is 56.1 Å². The Balaban J connectivity index is 1.16. The van der Waals surface area contributed by atoms with Crippen molar-refractivity contribution in [3.63, 3.8) is 0 Å². The molecule has 55 heavy (non-hydrogen) atoms. The zero-order chi connectivity index (χ0) is 37.9. The van der Waals surface area contributed by atoms with Gasteiger partial charge in [-0.1, -0.05) is 126 Å². The Labute approximate surface area is 324 Å². The molecule has 0 N–H and O–H groups in total. The number of hydrogen-bond acceptors (Lipinski definition) is 3. The fourth-order valence-electron chi connectivity index (χ4n) is 7.78. The number of hydrogen-bond donors (Lipinski definition) is 0. The Hall–Kier alpha value is -6.32. The van der Waals surface area contributed by atoms with Gasteiger partial charge in [0.2, 0.25) is 0 Å². The number of benzene rings is 8. The second-order valence-corrected chi connectivity index (χ2v) is 16.8. The van der Waals surface area contributed by atoms with Crippen molar-refractivity contribution in [2.24, 2.45) is 0 Å². The third-order valence-electron chi connectivity index (χ3n) is 10.9. The van der Waals surface area contributed by atoms with Crippen LogP contribution in [0.3, 0.4) is 0 Å². The van der Waals surface area contributed by atoms with Gasteiger partial charge in [-0.25, -0.2) is 0 Å². The Morgan fingerprint density at radius 3 is 1.04 bits per heavy atom. The summed E-state index contributed by atoms with van der Waals surface area (Å²) in [7, 11) is 0. The van der Waals surface area contributed by atoms with Gasteiger partial charge in [-0.3, -0.25) is 0 Å². The minimum absolute atomic E-state index is 0.0676. The molecule has 0 spiro atoms. The summed E-state index contributed by atoms with van der Waals surface area (Å²) in [5.74, 6) is 0. The van der Waals surface area contributed by atoms with E-state index in [9.17, 15) is 0 Å². The molecule has 3 heteroatoms. The molecule has 0 fully saturated rings. The summed E-state index contributed by atoms with van der Waals surface area (Å²) in [5.41, 5.74) is 10.9. The number of anilines is 6. The quantitative estimate of drug-likeness (QED) is 0.171. The molecule has 3 nitrogen and oxygen atoms in total. The molecule has 0 aliphatic rings. The largest absolute Gasteiger partial charge is 0.456 e.